The lowest BCUT2D eigenvalue weighted by molar-refractivity contribution is 0.0338. The molecule has 0 fully saturated rings. The summed E-state index contributed by atoms with van der Waals surface area (Å²) < 4.78 is 36.7. The minimum Gasteiger partial charge on any atom is -0.474 e. The molecule has 1 aliphatic rings. The van der Waals surface area contributed by atoms with Gasteiger partial charge in [-0.05, 0) is 25.7 Å². The summed E-state index contributed by atoms with van der Waals surface area (Å²) in [5.41, 5.74) is 1.29. The summed E-state index contributed by atoms with van der Waals surface area (Å²) in [6.45, 7) is 4.11. The number of hydrogen-bond acceptors (Lipinski definition) is 4. The van der Waals surface area contributed by atoms with Crippen LogP contribution in [-0.2, 0) is 21.3 Å². The van der Waals surface area contributed by atoms with Crippen molar-refractivity contribution in [2.75, 3.05) is 14.1 Å². The van der Waals surface area contributed by atoms with Gasteiger partial charge in [-0.2, -0.15) is 8.42 Å². The minimum absolute atomic E-state index is 0.0940. The van der Waals surface area contributed by atoms with Crippen molar-refractivity contribution in [3.05, 3.63) is 29.3 Å². The topological polar surface area (TPSA) is 66.8 Å². The lowest BCUT2D eigenvalue weighted by Crippen LogP contribution is -2.43. The van der Waals surface area contributed by atoms with E-state index < -0.39 is 10.1 Å². The molecule has 0 aromatic heterocycles. The van der Waals surface area contributed by atoms with Gasteiger partial charge in [0.05, 0.1) is 0 Å². The zero-order valence-corrected chi connectivity index (χ0v) is 12.4. The van der Waals surface area contributed by atoms with Crippen molar-refractivity contribution in [3.63, 3.8) is 0 Å². The Morgan fingerprint density at radius 2 is 2.00 bits per heavy atom. The average molecular weight is 285 g/mol. The molecular formula is C13H19NO4S. The monoisotopic (exact) mass is 285 g/mol. The van der Waals surface area contributed by atoms with Gasteiger partial charge in [-0.1, -0.05) is 26.0 Å². The highest BCUT2D eigenvalue weighted by molar-refractivity contribution is 7.85. The first-order valence-electron chi connectivity index (χ1n) is 6.03. The molecule has 1 aliphatic heterocycles. The molecule has 1 N–H and O–H groups in total. The van der Waals surface area contributed by atoms with Crippen molar-refractivity contribution in [2.24, 2.45) is 0 Å². The summed E-state index contributed by atoms with van der Waals surface area (Å²) >= 11 is 0. The zero-order chi connectivity index (χ0) is 14.4. The van der Waals surface area contributed by atoms with Crippen LogP contribution in [0.3, 0.4) is 0 Å². The summed E-state index contributed by atoms with van der Waals surface area (Å²) in [7, 11) is -0.129. The lowest BCUT2D eigenvalue weighted by Gasteiger charge is -2.31. The van der Waals surface area contributed by atoms with Gasteiger partial charge in [0.25, 0.3) is 10.1 Å². The Morgan fingerprint density at radius 1 is 1.37 bits per heavy atom. The Bertz CT molecular complexity index is 593. The Kier molecular flexibility index (Phi) is 3.36. The van der Waals surface area contributed by atoms with E-state index in [1.54, 1.807) is 18.2 Å². The van der Waals surface area contributed by atoms with E-state index in [1.807, 2.05) is 19.0 Å². The van der Waals surface area contributed by atoms with E-state index in [2.05, 4.69) is 13.8 Å². The number of nitrogens with zero attached hydrogens (tertiary/aromatic N) is 1. The zero-order valence-electron chi connectivity index (χ0n) is 11.5. The van der Waals surface area contributed by atoms with Gasteiger partial charge in [0.2, 0.25) is 0 Å². The molecule has 1 aromatic rings. The van der Waals surface area contributed by atoms with Crippen LogP contribution >= 0.6 is 0 Å². The summed E-state index contributed by atoms with van der Waals surface area (Å²) in [6, 6.07) is 5.23. The fourth-order valence-electron chi connectivity index (χ4n) is 2.64. The number of rotatable bonds is 3. The standard InChI is InChI=1S/C13H19NO4S/c1-13(2)10-7-9(8-19(15,16)17)5-6-11(10)18-12(13)14(3)4/h5-7,12H,8H2,1-4H3,(H,15,16,17). The van der Waals surface area contributed by atoms with E-state index in [0.717, 1.165) is 11.3 Å². The van der Waals surface area contributed by atoms with Crippen molar-refractivity contribution >= 4 is 10.1 Å². The Labute approximate surface area is 113 Å². The average Bonchev–Trinajstić information content (AvgIpc) is 2.49. The predicted octanol–water partition coefficient (Wildman–Crippen LogP) is 1.63. The molecule has 2 rings (SSSR count). The van der Waals surface area contributed by atoms with Crippen molar-refractivity contribution < 1.29 is 17.7 Å². The van der Waals surface area contributed by atoms with Crippen LogP contribution in [-0.4, -0.2) is 38.2 Å². The molecule has 0 amide bonds. The fourth-order valence-corrected chi connectivity index (χ4v) is 3.24. The molecule has 0 saturated carbocycles. The smallest absolute Gasteiger partial charge is 0.269 e. The van der Waals surface area contributed by atoms with Gasteiger partial charge in [-0.3, -0.25) is 9.45 Å². The number of fused-ring (bicyclic) bond motifs is 1. The first-order chi connectivity index (χ1) is 8.61. The third kappa shape index (κ3) is 2.75. The maximum atomic E-state index is 11.0. The molecule has 1 unspecified atom stereocenters. The van der Waals surface area contributed by atoms with Crippen LogP contribution in [0.1, 0.15) is 25.0 Å². The molecule has 19 heavy (non-hydrogen) atoms. The molecule has 106 valence electrons. The van der Waals surface area contributed by atoms with Crippen LogP contribution in [0.4, 0.5) is 0 Å². The van der Waals surface area contributed by atoms with E-state index in [0.29, 0.717) is 5.56 Å². The second-order valence-electron chi connectivity index (χ2n) is 5.71. The molecule has 0 radical (unpaired) electrons. The molecule has 0 saturated heterocycles. The van der Waals surface area contributed by atoms with Gasteiger partial charge < -0.3 is 4.74 Å². The summed E-state index contributed by atoms with van der Waals surface area (Å²) in [5.74, 6) is 0.394. The van der Waals surface area contributed by atoms with Crippen molar-refractivity contribution in [1.29, 1.82) is 0 Å². The van der Waals surface area contributed by atoms with Crippen molar-refractivity contribution in [1.82, 2.24) is 4.90 Å². The predicted molar refractivity (Wildman–Crippen MR) is 72.8 cm³/mol. The SMILES string of the molecule is CN(C)C1Oc2ccc(CS(=O)(=O)O)cc2C1(C)C. The third-order valence-corrected chi connectivity index (χ3v) is 4.11. The highest BCUT2D eigenvalue weighted by Crippen LogP contribution is 2.43. The molecule has 0 spiro atoms. The molecular weight excluding hydrogens is 266 g/mol. The van der Waals surface area contributed by atoms with E-state index in [1.165, 1.54) is 0 Å². The van der Waals surface area contributed by atoms with Gasteiger partial charge in [-0.15, -0.1) is 0 Å². The second-order valence-corrected chi connectivity index (χ2v) is 7.16. The number of benzene rings is 1. The minimum atomic E-state index is -4.01. The summed E-state index contributed by atoms with van der Waals surface area (Å²) in [4.78, 5) is 1.99. The maximum Gasteiger partial charge on any atom is 0.269 e. The van der Waals surface area contributed by atoms with E-state index >= 15 is 0 Å². The van der Waals surface area contributed by atoms with Crippen LogP contribution in [0.5, 0.6) is 5.75 Å². The Balaban J connectivity index is 2.41. The maximum absolute atomic E-state index is 11.0. The highest BCUT2D eigenvalue weighted by atomic mass is 32.2. The summed E-state index contributed by atoms with van der Waals surface area (Å²) in [6.07, 6.45) is -0.0940. The first-order valence-corrected chi connectivity index (χ1v) is 7.64. The largest absolute Gasteiger partial charge is 0.474 e. The van der Waals surface area contributed by atoms with Gasteiger partial charge in [0, 0.05) is 11.0 Å². The lowest BCUT2D eigenvalue weighted by atomic mass is 9.83. The van der Waals surface area contributed by atoms with Gasteiger partial charge in [-0.25, -0.2) is 0 Å². The molecule has 6 heteroatoms. The van der Waals surface area contributed by atoms with Crippen LogP contribution < -0.4 is 4.74 Å². The second kappa shape index (κ2) is 4.47. The van der Waals surface area contributed by atoms with Gasteiger partial charge in [0.1, 0.15) is 11.5 Å². The van der Waals surface area contributed by atoms with E-state index in [4.69, 9.17) is 9.29 Å². The van der Waals surface area contributed by atoms with E-state index in [9.17, 15) is 8.42 Å². The molecule has 0 bridgehead atoms. The van der Waals surface area contributed by atoms with Crippen molar-refractivity contribution in [3.8, 4) is 5.75 Å². The molecule has 1 aromatic carbocycles. The Morgan fingerprint density at radius 3 is 2.53 bits per heavy atom. The fraction of sp³-hybridized carbons (Fsp3) is 0.538. The van der Waals surface area contributed by atoms with Crippen LogP contribution in [0.2, 0.25) is 0 Å². The third-order valence-electron chi connectivity index (χ3n) is 3.41. The number of hydrogen-bond donors (Lipinski definition) is 1. The van der Waals surface area contributed by atoms with Crippen LogP contribution in [0.15, 0.2) is 18.2 Å². The number of ether oxygens (including phenoxy) is 1. The Hall–Kier alpha value is -1.11. The normalized spacial score (nSPS) is 21.3. The molecule has 5 nitrogen and oxygen atoms in total. The van der Waals surface area contributed by atoms with Crippen LogP contribution in [0, 0.1) is 0 Å². The highest BCUT2D eigenvalue weighted by Gasteiger charge is 2.43. The van der Waals surface area contributed by atoms with E-state index in [-0.39, 0.29) is 17.4 Å². The number of likely N-dealkylation sites (N-methyl/N-ethyl adjacent to an activating group) is 1. The summed E-state index contributed by atoms with van der Waals surface area (Å²) in [5, 5.41) is 0. The molecule has 1 atom stereocenters. The van der Waals surface area contributed by atoms with Gasteiger partial charge in [0.15, 0.2) is 6.23 Å². The quantitative estimate of drug-likeness (QED) is 0.855. The van der Waals surface area contributed by atoms with Crippen LogP contribution in [0.25, 0.3) is 0 Å². The first kappa shape index (κ1) is 14.3. The molecule has 1 heterocycles. The van der Waals surface area contributed by atoms with Gasteiger partial charge >= 0.3 is 0 Å². The molecule has 0 aliphatic carbocycles. The van der Waals surface area contributed by atoms with Crippen molar-refractivity contribution in [2.45, 2.75) is 31.2 Å².